The number of carbonyl (C=O) groups excluding carboxylic acids is 4. The van der Waals surface area contributed by atoms with Gasteiger partial charge < -0.3 is 60.6 Å². The maximum Gasteiger partial charge on any atom is 0.326 e. The smallest absolute Gasteiger partial charge is 0.326 e. The molecule has 0 rings (SSSR count). The van der Waals surface area contributed by atoms with E-state index in [9.17, 15) is 48.6 Å². The summed E-state index contributed by atoms with van der Waals surface area (Å²) in [5, 5.41) is 49.5. The van der Waals surface area contributed by atoms with Crippen LogP contribution in [0.3, 0.4) is 0 Å². The summed E-state index contributed by atoms with van der Waals surface area (Å²) in [4.78, 5) is 93.7. The van der Waals surface area contributed by atoms with Gasteiger partial charge >= 0.3 is 23.9 Å². The van der Waals surface area contributed by atoms with Crippen molar-refractivity contribution in [3.63, 3.8) is 0 Å². The van der Waals surface area contributed by atoms with E-state index in [1.807, 2.05) is 0 Å². The van der Waals surface area contributed by atoms with Crippen LogP contribution in [0.1, 0.15) is 167 Å². The van der Waals surface area contributed by atoms with E-state index in [0.717, 1.165) is 38.5 Å². The van der Waals surface area contributed by atoms with Crippen LogP contribution >= 0.6 is 9.39 Å². The Morgan fingerprint density at radius 1 is 0.348 bits per heavy atom. The highest BCUT2D eigenvalue weighted by Crippen LogP contribution is 2.15. The highest BCUT2D eigenvalue weighted by atomic mass is 31.0. The first-order chi connectivity index (χ1) is 33.3. The first-order valence-corrected chi connectivity index (χ1v) is 25.6. The van der Waals surface area contributed by atoms with Gasteiger partial charge in [0.1, 0.15) is 18.1 Å². The van der Waals surface area contributed by atoms with Crippen molar-refractivity contribution in [1.82, 2.24) is 26.4 Å². The first kappa shape index (κ1) is 65.0. The number of hydrogen-bond acceptors (Lipinski definition) is 13. The molecule has 0 aromatic carbocycles. The minimum absolute atomic E-state index is 0.0242. The number of ether oxygens (including phenoxy) is 4. The maximum atomic E-state index is 12.4. The molecule has 0 saturated heterocycles. The fourth-order valence-corrected chi connectivity index (χ4v) is 7.29. The van der Waals surface area contributed by atoms with Gasteiger partial charge in [0.2, 0.25) is 23.6 Å². The molecule has 0 spiro atoms. The van der Waals surface area contributed by atoms with Crippen molar-refractivity contribution < 1.29 is 77.7 Å². The molecule has 0 aliphatic rings. The largest absolute Gasteiger partial charge is 0.481 e. The van der Waals surface area contributed by atoms with Crippen LogP contribution in [0.15, 0.2) is 0 Å². The summed E-state index contributed by atoms with van der Waals surface area (Å²) in [6, 6.07) is -3.07. The molecule has 22 heteroatoms. The molecule has 0 aliphatic heterocycles. The molecule has 0 aromatic rings. The summed E-state index contributed by atoms with van der Waals surface area (Å²) < 4.78 is 21.7. The van der Waals surface area contributed by atoms with E-state index in [1.54, 1.807) is 0 Å². The zero-order valence-electron chi connectivity index (χ0n) is 41.0. The summed E-state index contributed by atoms with van der Waals surface area (Å²) in [5.41, 5.74) is 0. The van der Waals surface area contributed by atoms with Crippen molar-refractivity contribution >= 4 is 56.9 Å². The van der Waals surface area contributed by atoms with E-state index in [-0.39, 0.29) is 109 Å². The molecular formula is C47H86N5O16P. The second kappa shape index (κ2) is 46.4. The standard InChI is InChI=1S/C47H86N5O16P/c53-40(48-27-18-17-19-39(52-69)47(63)64)24-22-38(46(61)62)51-43(56)26-29-65-31-33-67-35-36-68-34-32-66-30-28-49-41(54)25-23-37(45(59)60)50-42(55)20-15-13-11-9-7-5-3-1-2-4-6-8-10-12-14-16-21-44(57)58/h37-39,52H,1-36,69H2,(H,48,53)(H,49,54)(H,50,55)(H,51,56)(H,57,58)(H,59,60)(H,61,62)(H,63,64)/t37-,38-,39-/m0/s1. The third kappa shape index (κ3) is 43.7. The van der Waals surface area contributed by atoms with E-state index >= 15 is 0 Å². The summed E-state index contributed by atoms with van der Waals surface area (Å²) in [7, 11) is 2.16. The summed E-state index contributed by atoms with van der Waals surface area (Å²) in [5.74, 6) is -5.69. The SMILES string of the molecule is O=C(O)CCCCCCCCCCCCCCCCCCC(=O)N[C@@H](CCC(=O)NCCOCCOCCOCCOCCC(=O)N[C@@H](CCC(=O)NCCCC[C@H](NP)C(=O)O)C(=O)O)C(=O)O. The monoisotopic (exact) mass is 1010 g/mol. The highest BCUT2D eigenvalue weighted by Gasteiger charge is 2.22. The Hall–Kier alpha value is -4.01. The number of unbranched alkanes of at least 4 members (excludes halogenated alkanes) is 16. The molecule has 0 heterocycles. The Balaban J connectivity index is 3.74. The number of carboxylic acid groups (broad SMARTS) is 4. The number of rotatable bonds is 51. The van der Waals surface area contributed by atoms with Crippen LogP contribution in [0.4, 0.5) is 0 Å². The van der Waals surface area contributed by atoms with Gasteiger partial charge in [0.15, 0.2) is 0 Å². The Kier molecular flexibility index (Phi) is 43.7. The van der Waals surface area contributed by atoms with Gasteiger partial charge in [-0.05, 0) is 44.9 Å². The summed E-state index contributed by atoms with van der Waals surface area (Å²) >= 11 is 0. The Bertz CT molecular complexity index is 1410. The average molecular weight is 1010 g/mol. The minimum atomic E-state index is -1.26. The van der Waals surface area contributed by atoms with E-state index in [1.165, 1.54) is 57.8 Å². The number of carboxylic acids is 4. The van der Waals surface area contributed by atoms with E-state index in [2.05, 4.69) is 35.7 Å². The molecule has 0 fully saturated rings. The van der Waals surface area contributed by atoms with Crippen LogP contribution in [0.2, 0.25) is 0 Å². The van der Waals surface area contributed by atoms with Crippen molar-refractivity contribution in [3.8, 4) is 0 Å². The summed E-state index contributed by atoms with van der Waals surface area (Å²) in [6.45, 7) is 2.43. The maximum absolute atomic E-state index is 12.4. The van der Waals surface area contributed by atoms with Gasteiger partial charge in [0, 0.05) is 45.2 Å². The fourth-order valence-electron chi connectivity index (χ4n) is 6.98. The van der Waals surface area contributed by atoms with E-state index in [4.69, 9.17) is 29.2 Å². The van der Waals surface area contributed by atoms with E-state index < -0.39 is 47.9 Å². The number of nitrogens with one attached hydrogen (secondary N) is 5. The van der Waals surface area contributed by atoms with Crippen LogP contribution < -0.4 is 26.4 Å². The molecule has 9 N–H and O–H groups in total. The van der Waals surface area contributed by atoms with Gasteiger partial charge in [0.25, 0.3) is 0 Å². The number of carbonyl (C=O) groups is 8. The molecule has 4 atom stereocenters. The molecule has 0 saturated carbocycles. The lowest BCUT2D eigenvalue weighted by molar-refractivity contribution is -0.142. The zero-order chi connectivity index (χ0) is 51.2. The lowest BCUT2D eigenvalue weighted by Gasteiger charge is -2.15. The Morgan fingerprint density at radius 2 is 0.710 bits per heavy atom. The van der Waals surface area contributed by atoms with Crippen molar-refractivity contribution in [2.24, 2.45) is 0 Å². The van der Waals surface area contributed by atoms with Gasteiger partial charge in [-0.3, -0.25) is 33.9 Å². The third-order valence-corrected chi connectivity index (χ3v) is 11.4. The molecule has 0 aromatic heterocycles. The number of aliphatic carboxylic acids is 4. The van der Waals surface area contributed by atoms with Crippen LogP contribution in [0, 0.1) is 0 Å². The Labute approximate surface area is 411 Å². The molecule has 0 bridgehead atoms. The predicted molar refractivity (Wildman–Crippen MR) is 260 cm³/mol. The topological polar surface area (TPSA) is 315 Å². The van der Waals surface area contributed by atoms with Gasteiger partial charge in [-0.25, -0.2) is 9.59 Å². The van der Waals surface area contributed by atoms with Crippen LogP contribution in [-0.2, 0) is 57.3 Å². The third-order valence-electron chi connectivity index (χ3n) is 11.0. The normalized spacial score (nSPS) is 12.4. The lowest BCUT2D eigenvalue weighted by atomic mass is 10.0. The Morgan fingerprint density at radius 3 is 1.12 bits per heavy atom. The summed E-state index contributed by atoms with van der Waals surface area (Å²) in [6.07, 6.45) is 19.4. The van der Waals surface area contributed by atoms with Gasteiger partial charge in [-0.2, -0.15) is 0 Å². The number of amides is 4. The van der Waals surface area contributed by atoms with Crippen molar-refractivity contribution in [2.45, 2.75) is 185 Å². The second-order valence-electron chi connectivity index (χ2n) is 17.0. The minimum Gasteiger partial charge on any atom is -0.481 e. The second-order valence-corrected chi connectivity index (χ2v) is 17.3. The number of hydrogen-bond donors (Lipinski definition) is 9. The van der Waals surface area contributed by atoms with Crippen LogP contribution in [0.25, 0.3) is 0 Å². The fraction of sp³-hybridized carbons (Fsp3) is 0.830. The van der Waals surface area contributed by atoms with Crippen LogP contribution in [0.5, 0.6) is 0 Å². The molecule has 4 amide bonds. The van der Waals surface area contributed by atoms with Crippen molar-refractivity contribution in [3.05, 3.63) is 0 Å². The molecule has 21 nitrogen and oxygen atoms in total. The zero-order valence-corrected chi connectivity index (χ0v) is 42.1. The van der Waals surface area contributed by atoms with Crippen molar-refractivity contribution in [2.75, 3.05) is 65.9 Å². The van der Waals surface area contributed by atoms with E-state index in [0.29, 0.717) is 45.4 Å². The molecule has 1 unspecified atom stereocenters. The van der Waals surface area contributed by atoms with Crippen molar-refractivity contribution in [1.29, 1.82) is 0 Å². The predicted octanol–water partition coefficient (Wildman–Crippen LogP) is 4.48. The van der Waals surface area contributed by atoms with Gasteiger partial charge in [0.05, 0.1) is 52.9 Å². The molecular weight excluding hydrogens is 922 g/mol. The quantitative estimate of drug-likeness (QED) is 0.0300. The molecule has 400 valence electrons. The van der Waals surface area contributed by atoms with Crippen LogP contribution in [-0.4, -0.2) is 152 Å². The average Bonchev–Trinajstić information content (AvgIpc) is 3.30. The lowest BCUT2D eigenvalue weighted by Crippen LogP contribution is -2.42. The first-order valence-electron chi connectivity index (χ1n) is 25.1. The molecule has 69 heavy (non-hydrogen) atoms. The highest BCUT2D eigenvalue weighted by molar-refractivity contribution is 7.13. The van der Waals surface area contributed by atoms with Gasteiger partial charge in [-0.15, -0.1) is 0 Å². The molecule has 0 aliphatic carbocycles. The molecule has 0 radical (unpaired) electrons. The van der Waals surface area contributed by atoms with Gasteiger partial charge in [-0.1, -0.05) is 99.3 Å².